The van der Waals surface area contributed by atoms with Crippen molar-refractivity contribution in [3.8, 4) is 0 Å². The van der Waals surface area contributed by atoms with Gasteiger partial charge in [-0.15, -0.1) is 0 Å². The van der Waals surface area contributed by atoms with Crippen molar-refractivity contribution in [3.05, 3.63) is 269 Å². The summed E-state index contributed by atoms with van der Waals surface area (Å²) in [6.07, 6.45) is 3.11. The summed E-state index contributed by atoms with van der Waals surface area (Å²) in [5.74, 6) is 0. The third-order valence-electron chi connectivity index (χ3n) is 12.3. The first kappa shape index (κ1) is 32.5. The molecule has 0 aliphatic carbocycles. The predicted octanol–water partition coefficient (Wildman–Crippen LogP) is 12.1. The van der Waals surface area contributed by atoms with Crippen LogP contribution in [0.4, 0.5) is 34.1 Å². The summed E-state index contributed by atoms with van der Waals surface area (Å²) in [5, 5.41) is 0. The van der Waals surface area contributed by atoms with Crippen LogP contribution < -0.4 is 26.2 Å². The van der Waals surface area contributed by atoms with Crippen LogP contribution >= 0.6 is 0 Å². The lowest BCUT2D eigenvalue weighted by molar-refractivity contribution is 1.17. The van der Waals surface area contributed by atoms with E-state index in [0.29, 0.717) is 24.2 Å². The summed E-state index contributed by atoms with van der Waals surface area (Å²) < 4.78 is 32.1. The van der Waals surface area contributed by atoms with Gasteiger partial charge in [0.25, 0.3) is 6.71 Å². The van der Waals surface area contributed by atoms with Crippen LogP contribution in [0.15, 0.2) is 224 Å². The molecule has 11 rings (SSSR count). The van der Waals surface area contributed by atoms with Crippen LogP contribution in [0.1, 0.15) is 50.0 Å². The van der Waals surface area contributed by atoms with Crippen LogP contribution in [-0.2, 0) is 25.7 Å². The Kier molecular flexibility index (Phi) is 8.53. The van der Waals surface area contributed by atoms with Gasteiger partial charge in [0, 0.05) is 34.1 Å². The molecule has 61 heavy (non-hydrogen) atoms. The number of nitrogens with zero attached hydrogens (tertiary/aromatic N) is 2. The molecule has 0 spiro atoms. The smallest absolute Gasteiger partial charge is 0.252 e. The fourth-order valence-electron chi connectivity index (χ4n) is 9.44. The van der Waals surface area contributed by atoms with E-state index >= 15 is 0 Å². The Balaban J connectivity index is 1.07. The molecule has 0 atom stereocenters. The van der Waals surface area contributed by atoms with Gasteiger partial charge in [0.2, 0.25) is 0 Å². The number of hydrogen-bond donors (Lipinski definition) is 0. The Labute approximate surface area is 365 Å². The first-order chi connectivity index (χ1) is 31.8. The summed E-state index contributed by atoms with van der Waals surface area (Å²) in [6.45, 7) is -0.0524. The number of rotatable bonds is 10. The molecule has 2 aliphatic heterocycles. The van der Waals surface area contributed by atoms with Crippen LogP contribution in [0.2, 0.25) is 0 Å². The molecule has 0 saturated heterocycles. The van der Waals surface area contributed by atoms with E-state index in [1.807, 2.05) is 72.8 Å². The van der Waals surface area contributed by atoms with Gasteiger partial charge in [-0.05, 0) is 135 Å². The van der Waals surface area contributed by atoms with Crippen LogP contribution in [0, 0.1) is 0 Å². The van der Waals surface area contributed by atoms with Gasteiger partial charge in [-0.1, -0.05) is 176 Å². The standard InChI is InChI=1S/C58H45BN2/c1-5-14-42(15-6-1)36-46-24-30-50(31-25-46)60-54-34-28-48(38-44-18-9-3-10-19-44)40-52(54)59-53-41-49(39-45-20-11-4-12-21-45)29-35-55(53)61(57-23-13-22-56(60)58(57)59)51-32-26-47(27-33-51)37-43-16-7-2-8-17-43/h1-35,40-41H,36-39H2/i1D,2D,3D,4D. The minimum absolute atomic E-state index is 0.0524. The quantitative estimate of drug-likeness (QED) is 0.127. The Bertz CT molecular complexity index is 2960. The Morgan fingerprint density at radius 2 is 0.623 bits per heavy atom. The SMILES string of the molecule is [2H]c1ccc(Cc2ccc(N3c4ccc(Cc5ccc([2H])cc5)cc4B4c5cc(Cc6ccc([2H])cc6)ccc5N(c5ccc(Cc6ccc([2H])cc6)cc5)c5cccc3c54)cc2)cc1. The van der Waals surface area contributed by atoms with E-state index in [2.05, 4.69) is 137 Å². The Morgan fingerprint density at radius 1 is 0.311 bits per heavy atom. The third-order valence-corrected chi connectivity index (χ3v) is 12.3. The zero-order valence-corrected chi connectivity index (χ0v) is 33.9. The minimum Gasteiger partial charge on any atom is -0.311 e. The van der Waals surface area contributed by atoms with Crippen molar-refractivity contribution in [2.75, 3.05) is 9.80 Å². The van der Waals surface area contributed by atoms with Gasteiger partial charge in [0.05, 0.1) is 5.48 Å². The van der Waals surface area contributed by atoms with Gasteiger partial charge in [-0.2, -0.15) is 0 Å². The van der Waals surface area contributed by atoms with Crippen molar-refractivity contribution in [3.63, 3.8) is 0 Å². The van der Waals surface area contributed by atoms with E-state index < -0.39 is 0 Å². The molecule has 2 nitrogen and oxygen atoms in total. The topological polar surface area (TPSA) is 6.48 Å². The normalized spacial score (nSPS) is 13.3. The molecule has 3 heteroatoms. The largest absolute Gasteiger partial charge is 0.311 e. The molecule has 2 heterocycles. The number of fused-ring (bicyclic) bond motifs is 4. The van der Waals surface area contributed by atoms with Crippen molar-refractivity contribution in [1.29, 1.82) is 0 Å². The molecule has 0 unspecified atom stereocenters. The van der Waals surface area contributed by atoms with Crippen LogP contribution in [0.3, 0.4) is 0 Å². The molecule has 0 amide bonds. The summed E-state index contributed by atoms with van der Waals surface area (Å²) in [7, 11) is 0. The highest BCUT2D eigenvalue weighted by Gasteiger charge is 2.43. The van der Waals surface area contributed by atoms with E-state index in [0.717, 1.165) is 59.8 Å². The van der Waals surface area contributed by atoms with E-state index in [-0.39, 0.29) is 6.71 Å². The molecule has 0 saturated carbocycles. The summed E-state index contributed by atoms with van der Waals surface area (Å²) in [6, 6.07) is 72.1. The van der Waals surface area contributed by atoms with Crippen molar-refractivity contribution in [2.45, 2.75) is 25.7 Å². The highest BCUT2D eigenvalue weighted by atomic mass is 15.2. The molecule has 9 aromatic carbocycles. The van der Waals surface area contributed by atoms with Gasteiger partial charge in [-0.3, -0.25) is 0 Å². The van der Waals surface area contributed by atoms with Gasteiger partial charge < -0.3 is 9.80 Å². The monoisotopic (exact) mass is 784 g/mol. The average molecular weight is 785 g/mol. The molecular formula is C58H45BN2. The van der Waals surface area contributed by atoms with E-state index in [4.69, 9.17) is 5.48 Å². The molecule has 0 radical (unpaired) electrons. The number of anilines is 6. The number of hydrogen-bond acceptors (Lipinski definition) is 2. The van der Waals surface area contributed by atoms with Gasteiger partial charge in [0.15, 0.2) is 0 Å². The molecule has 290 valence electrons. The van der Waals surface area contributed by atoms with Crippen molar-refractivity contribution < 1.29 is 5.48 Å². The first-order valence-electron chi connectivity index (χ1n) is 23.2. The lowest BCUT2D eigenvalue weighted by Crippen LogP contribution is -2.61. The van der Waals surface area contributed by atoms with Crippen LogP contribution in [0.25, 0.3) is 0 Å². The Morgan fingerprint density at radius 3 is 0.984 bits per heavy atom. The maximum absolute atomic E-state index is 8.10. The maximum atomic E-state index is 8.10. The van der Waals surface area contributed by atoms with E-state index in [1.54, 1.807) is 0 Å². The minimum atomic E-state index is -0.0524. The highest BCUT2D eigenvalue weighted by Crippen LogP contribution is 2.44. The molecule has 0 aromatic heterocycles. The molecule has 0 bridgehead atoms. The predicted molar refractivity (Wildman–Crippen MR) is 257 cm³/mol. The van der Waals surface area contributed by atoms with E-state index in [9.17, 15) is 0 Å². The lowest BCUT2D eigenvalue weighted by Gasteiger charge is -2.44. The molecular weight excluding hydrogens is 735 g/mol. The second kappa shape index (κ2) is 16.0. The highest BCUT2D eigenvalue weighted by molar-refractivity contribution is 7.00. The van der Waals surface area contributed by atoms with Crippen molar-refractivity contribution >= 4 is 57.2 Å². The van der Waals surface area contributed by atoms with Gasteiger partial charge in [0.1, 0.15) is 0 Å². The van der Waals surface area contributed by atoms with Crippen LogP contribution in [-0.4, -0.2) is 6.71 Å². The first-order valence-corrected chi connectivity index (χ1v) is 21.2. The summed E-state index contributed by atoms with van der Waals surface area (Å²) >= 11 is 0. The second-order valence-corrected chi connectivity index (χ2v) is 16.3. The van der Waals surface area contributed by atoms with Crippen molar-refractivity contribution in [2.24, 2.45) is 0 Å². The van der Waals surface area contributed by atoms with Gasteiger partial charge >= 0.3 is 0 Å². The fourth-order valence-corrected chi connectivity index (χ4v) is 9.44. The number of benzene rings is 9. The molecule has 2 aliphatic rings. The molecule has 9 aromatic rings. The molecule has 0 N–H and O–H groups in total. The van der Waals surface area contributed by atoms with Crippen LogP contribution in [0.5, 0.6) is 0 Å². The van der Waals surface area contributed by atoms with Crippen molar-refractivity contribution in [1.82, 2.24) is 0 Å². The maximum Gasteiger partial charge on any atom is 0.252 e. The summed E-state index contributed by atoms with van der Waals surface area (Å²) in [5.41, 5.74) is 20.2. The fraction of sp³-hybridized carbons (Fsp3) is 0.0690. The third kappa shape index (κ3) is 7.23. The Hall–Kier alpha value is -7.36. The zero-order chi connectivity index (χ0) is 44.0. The summed E-state index contributed by atoms with van der Waals surface area (Å²) in [4.78, 5) is 4.89. The van der Waals surface area contributed by atoms with E-state index in [1.165, 1.54) is 60.9 Å². The second-order valence-electron chi connectivity index (χ2n) is 16.3. The zero-order valence-electron chi connectivity index (χ0n) is 37.9. The molecule has 0 fully saturated rings. The lowest BCUT2D eigenvalue weighted by atomic mass is 9.33. The van der Waals surface area contributed by atoms with Gasteiger partial charge in [-0.25, -0.2) is 0 Å². The average Bonchev–Trinajstić information content (AvgIpc) is 3.33.